The maximum atomic E-state index is 12.7. The van der Waals surface area contributed by atoms with E-state index in [-0.39, 0.29) is 19.5 Å². The molecule has 1 aliphatic rings. The van der Waals surface area contributed by atoms with Crippen LogP contribution in [-0.2, 0) is 23.8 Å². The number of esters is 2. The molecule has 0 aliphatic carbocycles. The lowest BCUT2D eigenvalue weighted by Gasteiger charge is -2.23. The Kier molecular flexibility index (Phi) is 7.19. The molecule has 1 aromatic carbocycles. The van der Waals surface area contributed by atoms with Gasteiger partial charge in [0.1, 0.15) is 11.6 Å². The van der Waals surface area contributed by atoms with E-state index in [4.69, 9.17) is 14.2 Å². The van der Waals surface area contributed by atoms with Crippen LogP contribution in [0.15, 0.2) is 30.3 Å². The zero-order valence-electron chi connectivity index (χ0n) is 17.0. The summed E-state index contributed by atoms with van der Waals surface area (Å²) in [5, 5.41) is 2.53. The minimum Gasteiger partial charge on any atom is -0.467 e. The molecule has 9 heteroatoms. The number of nitrogens with one attached hydrogen (secondary N) is 1. The van der Waals surface area contributed by atoms with Gasteiger partial charge in [-0.2, -0.15) is 0 Å². The van der Waals surface area contributed by atoms with Gasteiger partial charge in [0, 0.05) is 19.5 Å². The summed E-state index contributed by atoms with van der Waals surface area (Å²) in [6.07, 6.45) is -1.75. The summed E-state index contributed by atoms with van der Waals surface area (Å²) in [5.41, 5.74) is -0.348. The van der Waals surface area contributed by atoms with Crippen molar-refractivity contribution >= 4 is 23.9 Å². The number of ether oxygens (including phenoxy) is 3. The number of likely N-dealkylation sites (tertiary alicyclic amines) is 1. The zero-order chi connectivity index (χ0) is 21.6. The highest BCUT2D eigenvalue weighted by atomic mass is 16.6. The highest BCUT2D eigenvalue weighted by molar-refractivity contribution is 5.95. The molecule has 158 valence electrons. The number of rotatable bonds is 6. The highest BCUT2D eigenvalue weighted by Crippen LogP contribution is 2.23. The van der Waals surface area contributed by atoms with Crippen molar-refractivity contribution in [3.63, 3.8) is 0 Å². The number of alkyl carbamates (subject to hydrolysis) is 1. The minimum absolute atomic E-state index is 0.0173. The Morgan fingerprint density at radius 3 is 2.41 bits per heavy atom. The Bertz CT molecular complexity index is 758. The first-order valence-corrected chi connectivity index (χ1v) is 9.23. The second kappa shape index (κ2) is 9.40. The molecule has 0 bridgehead atoms. The number of carbonyl (C=O) groups is 4. The molecule has 1 heterocycles. The first-order chi connectivity index (χ1) is 13.6. The lowest BCUT2D eigenvalue weighted by atomic mass is 10.2. The van der Waals surface area contributed by atoms with Crippen molar-refractivity contribution in [1.82, 2.24) is 10.2 Å². The summed E-state index contributed by atoms with van der Waals surface area (Å²) < 4.78 is 15.2. The molecule has 0 saturated carbocycles. The fourth-order valence-corrected chi connectivity index (χ4v) is 2.86. The Morgan fingerprint density at radius 2 is 1.83 bits per heavy atom. The monoisotopic (exact) mass is 406 g/mol. The predicted octanol–water partition coefficient (Wildman–Crippen LogP) is 1.51. The fraction of sp³-hybridized carbons (Fsp3) is 0.500. The van der Waals surface area contributed by atoms with Gasteiger partial charge in [0.05, 0.1) is 12.7 Å². The van der Waals surface area contributed by atoms with E-state index >= 15 is 0 Å². The van der Waals surface area contributed by atoms with Crippen LogP contribution in [-0.4, -0.2) is 66.8 Å². The van der Waals surface area contributed by atoms with Gasteiger partial charge in [-0.3, -0.25) is 4.79 Å². The van der Waals surface area contributed by atoms with Gasteiger partial charge >= 0.3 is 18.0 Å². The van der Waals surface area contributed by atoms with E-state index < -0.39 is 41.7 Å². The van der Waals surface area contributed by atoms with Crippen molar-refractivity contribution in [3.05, 3.63) is 35.9 Å². The van der Waals surface area contributed by atoms with Crippen LogP contribution in [0.5, 0.6) is 0 Å². The molecule has 1 aromatic rings. The van der Waals surface area contributed by atoms with Crippen molar-refractivity contribution in [2.45, 2.75) is 44.9 Å². The molecule has 1 fully saturated rings. The molecule has 9 nitrogen and oxygen atoms in total. The van der Waals surface area contributed by atoms with E-state index in [9.17, 15) is 19.2 Å². The summed E-state index contributed by atoms with van der Waals surface area (Å²) in [5.74, 6) is -1.79. The quantitative estimate of drug-likeness (QED) is 0.563. The summed E-state index contributed by atoms with van der Waals surface area (Å²) in [7, 11) is 1.22. The SMILES string of the molecule is COC(=O)[C@@H]1C[C@H](OC(=O)c2ccccc2)C(=O)N1CCNC(=O)OC(C)(C)C. The van der Waals surface area contributed by atoms with Crippen LogP contribution in [0, 0.1) is 0 Å². The molecule has 0 unspecified atom stereocenters. The topological polar surface area (TPSA) is 111 Å². The molecule has 29 heavy (non-hydrogen) atoms. The third-order valence-corrected chi connectivity index (χ3v) is 4.13. The summed E-state index contributed by atoms with van der Waals surface area (Å²) in [4.78, 5) is 50.0. The first-order valence-electron chi connectivity index (χ1n) is 9.23. The Hall–Kier alpha value is -3.10. The Morgan fingerprint density at radius 1 is 1.17 bits per heavy atom. The maximum absolute atomic E-state index is 12.7. The van der Waals surface area contributed by atoms with Crippen molar-refractivity contribution in [1.29, 1.82) is 0 Å². The summed E-state index contributed by atoms with van der Waals surface area (Å²) in [6.45, 7) is 5.30. The van der Waals surface area contributed by atoms with Crippen LogP contribution in [0.25, 0.3) is 0 Å². The molecule has 2 atom stereocenters. The van der Waals surface area contributed by atoms with E-state index in [0.717, 1.165) is 0 Å². The molecular formula is C20H26N2O7. The van der Waals surface area contributed by atoms with Crippen LogP contribution in [0.1, 0.15) is 37.6 Å². The van der Waals surface area contributed by atoms with Gasteiger partial charge in [-0.1, -0.05) is 18.2 Å². The average molecular weight is 406 g/mol. The van der Waals surface area contributed by atoms with Gasteiger partial charge in [0.15, 0.2) is 6.10 Å². The number of benzene rings is 1. The third kappa shape index (κ3) is 6.20. The lowest BCUT2D eigenvalue weighted by molar-refractivity contribution is -0.149. The number of methoxy groups -OCH3 is 1. The summed E-state index contributed by atoms with van der Waals surface area (Å²) in [6, 6.07) is 7.35. The van der Waals surface area contributed by atoms with E-state index in [1.165, 1.54) is 12.0 Å². The number of hydrogen-bond donors (Lipinski definition) is 1. The van der Waals surface area contributed by atoms with Crippen molar-refractivity contribution < 1.29 is 33.4 Å². The van der Waals surface area contributed by atoms with Crippen LogP contribution < -0.4 is 5.32 Å². The van der Waals surface area contributed by atoms with E-state index in [1.54, 1.807) is 51.1 Å². The second-order valence-electron chi connectivity index (χ2n) is 7.49. The Balaban J connectivity index is 2.00. The molecule has 1 saturated heterocycles. The smallest absolute Gasteiger partial charge is 0.407 e. The highest BCUT2D eigenvalue weighted by Gasteiger charge is 2.45. The number of hydrogen-bond acceptors (Lipinski definition) is 7. The molecule has 2 amide bonds. The van der Waals surface area contributed by atoms with E-state index in [1.807, 2.05) is 0 Å². The Labute approximate surface area is 169 Å². The van der Waals surface area contributed by atoms with Crippen molar-refractivity contribution in [2.75, 3.05) is 20.2 Å². The zero-order valence-corrected chi connectivity index (χ0v) is 17.0. The molecular weight excluding hydrogens is 380 g/mol. The number of nitrogens with zero attached hydrogens (tertiary/aromatic N) is 1. The van der Waals surface area contributed by atoms with Crippen LogP contribution in [0.3, 0.4) is 0 Å². The van der Waals surface area contributed by atoms with Crippen molar-refractivity contribution in [2.24, 2.45) is 0 Å². The normalized spacial score (nSPS) is 18.9. The average Bonchev–Trinajstić information content (AvgIpc) is 2.96. The van der Waals surface area contributed by atoms with Crippen LogP contribution >= 0.6 is 0 Å². The molecule has 0 radical (unpaired) electrons. The van der Waals surface area contributed by atoms with E-state index in [0.29, 0.717) is 5.56 Å². The second-order valence-corrected chi connectivity index (χ2v) is 7.49. The standard InChI is InChI=1S/C20H26N2O7/c1-20(2,3)29-19(26)21-10-11-22-14(18(25)27-4)12-15(16(22)23)28-17(24)13-8-6-5-7-9-13/h5-9,14-15H,10-12H2,1-4H3,(H,21,26)/t14-,15-/m0/s1. The molecule has 0 aromatic heterocycles. The van der Waals surface area contributed by atoms with Crippen molar-refractivity contribution in [3.8, 4) is 0 Å². The largest absolute Gasteiger partial charge is 0.467 e. The minimum atomic E-state index is -1.10. The predicted molar refractivity (Wildman–Crippen MR) is 102 cm³/mol. The number of amides is 2. The summed E-state index contributed by atoms with van der Waals surface area (Å²) >= 11 is 0. The lowest BCUT2D eigenvalue weighted by Crippen LogP contribution is -2.45. The first kappa shape index (κ1) is 22.2. The van der Waals surface area contributed by atoms with Gasteiger partial charge in [-0.25, -0.2) is 14.4 Å². The third-order valence-electron chi connectivity index (χ3n) is 4.13. The number of carbonyl (C=O) groups excluding carboxylic acids is 4. The van der Waals surface area contributed by atoms with Crippen LogP contribution in [0.4, 0.5) is 4.79 Å². The van der Waals surface area contributed by atoms with Gasteiger partial charge < -0.3 is 24.4 Å². The van der Waals surface area contributed by atoms with Gasteiger partial charge in [-0.15, -0.1) is 0 Å². The molecule has 0 spiro atoms. The van der Waals surface area contributed by atoms with E-state index in [2.05, 4.69) is 5.32 Å². The molecule has 2 rings (SSSR count). The van der Waals surface area contributed by atoms with Crippen LogP contribution in [0.2, 0.25) is 0 Å². The van der Waals surface area contributed by atoms with Gasteiger partial charge in [-0.05, 0) is 32.9 Å². The fourth-order valence-electron chi connectivity index (χ4n) is 2.86. The molecule has 1 aliphatic heterocycles. The maximum Gasteiger partial charge on any atom is 0.407 e. The molecule has 1 N–H and O–H groups in total. The van der Waals surface area contributed by atoms with Gasteiger partial charge in [0.25, 0.3) is 5.91 Å². The van der Waals surface area contributed by atoms with Gasteiger partial charge in [0.2, 0.25) is 0 Å².